The highest BCUT2D eigenvalue weighted by atomic mass is 16.5. The van der Waals surface area contributed by atoms with Gasteiger partial charge in [0.05, 0.1) is 12.2 Å². The Morgan fingerprint density at radius 3 is 2.35 bits per heavy atom. The molecular weight excluding hydrogens is 212 g/mol. The molecule has 0 heterocycles. The topological polar surface area (TPSA) is 29.5 Å². The van der Waals surface area contributed by atoms with Crippen molar-refractivity contribution in [2.24, 2.45) is 0 Å². The van der Waals surface area contributed by atoms with Gasteiger partial charge in [0.15, 0.2) is 0 Å². The van der Waals surface area contributed by atoms with E-state index in [1.54, 1.807) is 0 Å². The summed E-state index contributed by atoms with van der Waals surface area (Å²) in [5.41, 5.74) is 2.28. The molecule has 0 spiro atoms. The summed E-state index contributed by atoms with van der Waals surface area (Å²) in [6.45, 7) is 6.05. The van der Waals surface area contributed by atoms with E-state index in [4.69, 9.17) is 4.74 Å². The highest BCUT2D eigenvalue weighted by molar-refractivity contribution is 5.57. The summed E-state index contributed by atoms with van der Waals surface area (Å²) >= 11 is 0. The standard InChI is InChI=1S/C15H20O2/c1-11-3-5-13(6-4-11)12(2)17-15-9-7-14(16)8-10-15/h3-6,14-16H,2,7-10H2,1H3. The van der Waals surface area contributed by atoms with Crippen molar-refractivity contribution in [2.75, 3.05) is 0 Å². The van der Waals surface area contributed by atoms with Gasteiger partial charge in [0.1, 0.15) is 5.76 Å². The zero-order chi connectivity index (χ0) is 12.3. The Labute approximate surface area is 103 Å². The van der Waals surface area contributed by atoms with Gasteiger partial charge in [-0.15, -0.1) is 0 Å². The summed E-state index contributed by atoms with van der Waals surface area (Å²) in [6.07, 6.45) is 3.60. The molecule has 1 aliphatic rings. The fourth-order valence-electron chi connectivity index (χ4n) is 2.17. The maximum Gasteiger partial charge on any atom is 0.119 e. The minimum Gasteiger partial charge on any atom is -0.490 e. The van der Waals surface area contributed by atoms with Crippen LogP contribution in [0.1, 0.15) is 36.8 Å². The number of hydrogen-bond donors (Lipinski definition) is 1. The van der Waals surface area contributed by atoms with E-state index >= 15 is 0 Å². The van der Waals surface area contributed by atoms with E-state index in [0.29, 0.717) is 0 Å². The predicted molar refractivity (Wildman–Crippen MR) is 69.6 cm³/mol. The summed E-state index contributed by atoms with van der Waals surface area (Å²) in [5.74, 6) is 0.742. The molecule has 2 heteroatoms. The fourth-order valence-corrected chi connectivity index (χ4v) is 2.17. The van der Waals surface area contributed by atoms with Crippen LogP contribution in [0.4, 0.5) is 0 Å². The number of aliphatic hydroxyl groups is 1. The first-order valence-corrected chi connectivity index (χ1v) is 6.26. The van der Waals surface area contributed by atoms with Crippen LogP contribution < -0.4 is 0 Å². The van der Waals surface area contributed by atoms with Crippen molar-refractivity contribution in [3.63, 3.8) is 0 Å². The average Bonchev–Trinajstić information content (AvgIpc) is 2.33. The maximum absolute atomic E-state index is 9.43. The van der Waals surface area contributed by atoms with Crippen LogP contribution in [-0.2, 0) is 4.74 Å². The molecule has 1 aromatic carbocycles. The van der Waals surface area contributed by atoms with Gasteiger partial charge in [-0.25, -0.2) is 0 Å². The van der Waals surface area contributed by atoms with E-state index in [9.17, 15) is 5.11 Å². The first-order valence-electron chi connectivity index (χ1n) is 6.26. The van der Waals surface area contributed by atoms with Crippen LogP contribution in [-0.4, -0.2) is 17.3 Å². The van der Waals surface area contributed by atoms with E-state index in [2.05, 4.69) is 25.6 Å². The van der Waals surface area contributed by atoms with Crippen LogP contribution in [0, 0.1) is 6.92 Å². The van der Waals surface area contributed by atoms with Gasteiger partial charge >= 0.3 is 0 Å². The van der Waals surface area contributed by atoms with Crippen molar-refractivity contribution >= 4 is 5.76 Å². The highest BCUT2D eigenvalue weighted by Crippen LogP contribution is 2.25. The molecule has 0 radical (unpaired) electrons. The predicted octanol–water partition coefficient (Wildman–Crippen LogP) is 3.29. The molecule has 1 aliphatic carbocycles. The molecule has 17 heavy (non-hydrogen) atoms. The van der Waals surface area contributed by atoms with Crippen molar-refractivity contribution in [1.29, 1.82) is 0 Å². The molecular formula is C15H20O2. The van der Waals surface area contributed by atoms with Crippen LogP contribution in [0.2, 0.25) is 0 Å². The minimum atomic E-state index is -0.137. The lowest BCUT2D eigenvalue weighted by molar-refractivity contribution is 0.0534. The second-order valence-corrected chi connectivity index (χ2v) is 4.84. The van der Waals surface area contributed by atoms with Crippen LogP contribution in [0.3, 0.4) is 0 Å². The number of ether oxygens (including phenoxy) is 1. The Hall–Kier alpha value is -1.28. The molecule has 0 aromatic heterocycles. The monoisotopic (exact) mass is 232 g/mol. The van der Waals surface area contributed by atoms with E-state index in [1.165, 1.54) is 5.56 Å². The van der Waals surface area contributed by atoms with Crippen molar-refractivity contribution in [3.05, 3.63) is 42.0 Å². The SMILES string of the molecule is C=C(OC1CCC(O)CC1)c1ccc(C)cc1. The Morgan fingerprint density at radius 2 is 1.76 bits per heavy atom. The Kier molecular flexibility index (Phi) is 3.85. The molecule has 2 nitrogen and oxygen atoms in total. The lowest BCUT2D eigenvalue weighted by Crippen LogP contribution is -2.23. The van der Waals surface area contributed by atoms with Gasteiger partial charge in [0, 0.05) is 5.56 Å². The fraction of sp³-hybridized carbons (Fsp3) is 0.467. The smallest absolute Gasteiger partial charge is 0.119 e. The quantitative estimate of drug-likeness (QED) is 0.810. The van der Waals surface area contributed by atoms with Gasteiger partial charge in [-0.3, -0.25) is 0 Å². The summed E-state index contributed by atoms with van der Waals surface area (Å²) in [7, 11) is 0. The van der Waals surface area contributed by atoms with Crippen molar-refractivity contribution in [3.8, 4) is 0 Å². The molecule has 1 saturated carbocycles. The third-order valence-electron chi connectivity index (χ3n) is 3.33. The second kappa shape index (κ2) is 5.37. The second-order valence-electron chi connectivity index (χ2n) is 4.84. The lowest BCUT2D eigenvalue weighted by atomic mass is 9.95. The number of benzene rings is 1. The average molecular weight is 232 g/mol. The minimum absolute atomic E-state index is 0.137. The first kappa shape index (κ1) is 12.2. The van der Waals surface area contributed by atoms with E-state index < -0.39 is 0 Å². The molecule has 0 atom stereocenters. The normalized spacial score (nSPS) is 24.4. The zero-order valence-electron chi connectivity index (χ0n) is 10.4. The molecule has 1 N–H and O–H groups in total. The summed E-state index contributed by atoms with van der Waals surface area (Å²) in [6, 6.07) is 8.20. The van der Waals surface area contributed by atoms with Crippen molar-refractivity contribution in [2.45, 2.75) is 44.8 Å². The van der Waals surface area contributed by atoms with Gasteiger partial charge in [-0.05, 0) is 32.6 Å². The summed E-state index contributed by atoms with van der Waals surface area (Å²) in [4.78, 5) is 0. The molecule has 1 aromatic rings. The summed E-state index contributed by atoms with van der Waals surface area (Å²) in [5, 5.41) is 9.43. The third kappa shape index (κ3) is 3.34. The van der Waals surface area contributed by atoms with Crippen LogP contribution in [0.25, 0.3) is 5.76 Å². The maximum atomic E-state index is 9.43. The Morgan fingerprint density at radius 1 is 1.18 bits per heavy atom. The van der Waals surface area contributed by atoms with Crippen LogP contribution in [0.15, 0.2) is 30.8 Å². The molecule has 92 valence electrons. The van der Waals surface area contributed by atoms with Gasteiger partial charge in [0.2, 0.25) is 0 Å². The van der Waals surface area contributed by atoms with Gasteiger partial charge in [0.25, 0.3) is 0 Å². The van der Waals surface area contributed by atoms with Crippen molar-refractivity contribution in [1.82, 2.24) is 0 Å². The summed E-state index contributed by atoms with van der Waals surface area (Å²) < 4.78 is 5.86. The molecule has 0 aliphatic heterocycles. The Balaban J connectivity index is 1.91. The zero-order valence-corrected chi connectivity index (χ0v) is 10.4. The molecule has 0 amide bonds. The lowest BCUT2D eigenvalue weighted by Gasteiger charge is -2.27. The highest BCUT2D eigenvalue weighted by Gasteiger charge is 2.21. The number of aryl methyl sites for hydroxylation is 1. The molecule has 2 rings (SSSR count). The van der Waals surface area contributed by atoms with Crippen LogP contribution >= 0.6 is 0 Å². The van der Waals surface area contributed by atoms with E-state index in [-0.39, 0.29) is 12.2 Å². The molecule has 1 fully saturated rings. The van der Waals surface area contributed by atoms with Gasteiger partial charge < -0.3 is 9.84 Å². The van der Waals surface area contributed by atoms with E-state index in [1.807, 2.05) is 12.1 Å². The third-order valence-corrected chi connectivity index (χ3v) is 3.33. The molecule has 0 unspecified atom stereocenters. The number of hydrogen-bond acceptors (Lipinski definition) is 2. The Bertz CT molecular complexity index is 372. The van der Waals surface area contributed by atoms with Gasteiger partial charge in [-0.1, -0.05) is 36.4 Å². The van der Waals surface area contributed by atoms with Gasteiger partial charge in [-0.2, -0.15) is 0 Å². The number of rotatable bonds is 3. The molecule has 0 saturated heterocycles. The molecule has 0 bridgehead atoms. The number of aliphatic hydroxyl groups excluding tert-OH is 1. The van der Waals surface area contributed by atoms with E-state index in [0.717, 1.165) is 37.0 Å². The largest absolute Gasteiger partial charge is 0.490 e. The van der Waals surface area contributed by atoms with Crippen molar-refractivity contribution < 1.29 is 9.84 Å². The van der Waals surface area contributed by atoms with Crippen LogP contribution in [0.5, 0.6) is 0 Å². The first-order chi connectivity index (χ1) is 8.15.